The zero-order valence-corrected chi connectivity index (χ0v) is 13.1. The molecule has 0 aliphatic rings. The van der Waals surface area contributed by atoms with E-state index in [2.05, 4.69) is 6.07 Å². The molecule has 2 N–H and O–H groups in total. The van der Waals surface area contributed by atoms with Crippen molar-refractivity contribution in [2.24, 2.45) is 0 Å². The van der Waals surface area contributed by atoms with Crippen LogP contribution in [-0.2, 0) is 5.60 Å². The van der Waals surface area contributed by atoms with E-state index in [4.69, 9.17) is 15.1 Å². The standard InChI is InChI=1S/C16H15NO2.C2H6O/c1-16(18,13-5-3-12(11-17)4-6-13)14-7-9-15(19-2)10-8-14;1-2-3/h3-10,18H,1-2H3;3H,2H2,1H3. The molecule has 2 rings (SSSR count). The molecule has 0 heterocycles. The van der Waals surface area contributed by atoms with Crippen LogP contribution >= 0.6 is 0 Å². The molecule has 0 saturated carbocycles. The van der Waals surface area contributed by atoms with Crippen LogP contribution in [0.1, 0.15) is 30.5 Å². The summed E-state index contributed by atoms with van der Waals surface area (Å²) >= 11 is 0. The number of hydrogen-bond donors (Lipinski definition) is 2. The highest BCUT2D eigenvalue weighted by atomic mass is 16.5. The Morgan fingerprint density at radius 3 is 1.82 bits per heavy atom. The number of rotatable bonds is 3. The molecule has 0 radical (unpaired) electrons. The van der Waals surface area contributed by atoms with Crippen molar-refractivity contribution in [3.05, 3.63) is 65.2 Å². The first-order valence-electron chi connectivity index (χ1n) is 6.98. The molecule has 0 aromatic heterocycles. The minimum atomic E-state index is -1.10. The molecule has 0 amide bonds. The molecule has 1 atom stereocenters. The van der Waals surface area contributed by atoms with Crippen LogP contribution in [0, 0.1) is 11.3 Å². The smallest absolute Gasteiger partial charge is 0.118 e. The fourth-order valence-corrected chi connectivity index (χ4v) is 1.95. The van der Waals surface area contributed by atoms with Crippen LogP contribution in [0.4, 0.5) is 0 Å². The van der Waals surface area contributed by atoms with E-state index in [-0.39, 0.29) is 6.61 Å². The lowest BCUT2D eigenvalue weighted by Gasteiger charge is -2.24. The lowest BCUT2D eigenvalue weighted by Crippen LogP contribution is -2.22. The SMILES string of the molecule is CCO.COc1ccc(C(C)(O)c2ccc(C#N)cc2)cc1. The molecule has 0 spiro atoms. The molecule has 0 fully saturated rings. The van der Waals surface area contributed by atoms with Crippen molar-refractivity contribution < 1.29 is 14.9 Å². The largest absolute Gasteiger partial charge is 0.497 e. The van der Waals surface area contributed by atoms with Crippen LogP contribution < -0.4 is 4.74 Å². The number of benzene rings is 2. The highest BCUT2D eigenvalue weighted by Gasteiger charge is 2.25. The maximum Gasteiger partial charge on any atom is 0.118 e. The Morgan fingerprint density at radius 2 is 1.45 bits per heavy atom. The second-order valence-corrected chi connectivity index (χ2v) is 4.81. The van der Waals surface area contributed by atoms with E-state index < -0.39 is 5.60 Å². The minimum absolute atomic E-state index is 0.250. The third kappa shape index (κ3) is 4.32. The summed E-state index contributed by atoms with van der Waals surface area (Å²) in [6.45, 7) is 3.66. The molecule has 0 aliphatic carbocycles. The fraction of sp³-hybridized carbons (Fsp3) is 0.278. The topological polar surface area (TPSA) is 73.5 Å². The second-order valence-electron chi connectivity index (χ2n) is 4.81. The van der Waals surface area contributed by atoms with Gasteiger partial charge < -0.3 is 14.9 Å². The molecular formula is C18H21NO3. The first-order valence-corrected chi connectivity index (χ1v) is 6.98. The van der Waals surface area contributed by atoms with Gasteiger partial charge in [0.25, 0.3) is 0 Å². The highest BCUT2D eigenvalue weighted by molar-refractivity contribution is 5.40. The van der Waals surface area contributed by atoms with Crippen LogP contribution in [-0.4, -0.2) is 23.9 Å². The summed E-state index contributed by atoms with van der Waals surface area (Å²) in [5.41, 5.74) is 1.00. The molecule has 4 nitrogen and oxygen atoms in total. The van der Waals surface area contributed by atoms with Gasteiger partial charge >= 0.3 is 0 Å². The van der Waals surface area contributed by atoms with Crippen molar-refractivity contribution >= 4 is 0 Å². The van der Waals surface area contributed by atoms with Crippen LogP contribution in [0.25, 0.3) is 0 Å². The van der Waals surface area contributed by atoms with E-state index in [0.29, 0.717) is 5.56 Å². The number of aliphatic hydroxyl groups excluding tert-OH is 1. The summed E-state index contributed by atoms with van der Waals surface area (Å²) < 4.78 is 5.10. The third-order valence-corrected chi connectivity index (χ3v) is 3.23. The first-order chi connectivity index (χ1) is 10.5. The average molecular weight is 299 g/mol. The van der Waals surface area contributed by atoms with E-state index in [1.807, 2.05) is 24.3 Å². The zero-order valence-electron chi connectivity index (χ0n) is 13.1. The Bertz CT molecular complexity index is 610. The Morgan fingerprint density at radius 1 is 1.05 bits per heavy atom. The summed E-state index contributed by atoms with van der Waals surface area (Å²) in [5.74, 6) is 0.749. The van der Waals surface area contributed by atoms with Gasteiger partial charge in [-0.25, -0.2) is 0 Å². The third-order valence-electron chi connectivity index (χ3n) is 3.23. The normalized spacial score (nSPS) is 12.4. The summed E-state index contributed by atoms with van der Waals surface area (Å²) in [5, 5.41) is 27.0. The average Bonchev–Trinajstić information content (AvgIpc) is 2.55. The molecule has 0 saturated heterocycles. The number of hydrogen-bond acceptors (Lipinski definition) is 4. The number of nitriles is 1. The maximum absolute atomic E-state index is 10.7. The number of methoxy groups -OCH3 is 1. The predicted molar refractivity (Wildman–Crippen MR) is 85.6 cm³/mol. The number of aliphatic hydroxyl groups is 2. The van der Waals surface area contributed by atoms with E-state index in [1.165, 1.54) is 0 Å². The van der Waals surface area contributed by atoms with Gasteiger partial charge in [-0.05, 0) is 49.2 Å². The monoisotopic (exact) mass is 299 g/mol. The van der Waals surface area contributed by atoms with Crippen LogP contribution in [0.3, 0.4) is 0 Å². The van der Waals surface area contributed by atoms with E-state index in [0.717, 1.165) is 16.9 Å². The lowest BCUT2D eigenvalue weighted by molar-refractivity contribution is 0.102. The molecule has 22 heavy (non-hydrogen) atoms. The Labute approximate surface area is 131 Å². The molecule has 116 valence electrons. The van der Waals surface area contributed by atoms with Gasteiger partial charge in [-0.15, -0.1) is 0 Å². The number of nitrogens with zero attached hydrogens (tertiary/aromatic N) is 1. The molecule has 0 aliphatic heterocycles. The van der Waals surface area contributed by atoms with Crippen molar-refractivity contribution in [1.82, 2.24) is 0 Å². The summed E-state index contributed by atoms with van der Waals surface area (Å²) in [4.78, 5) is 0. The maximum atomic E-state index is 10.7. The van der Waals surface area contributed by atoms with Crippen LogP contribution in [0.2, 0.25) is 0 Å². The Hall–Kier alpha value is -2.35. The zero-order chi connectivity index (χ0) is 16.6. The van der Waals surface area contributed by atoms with Crippen molar-refractivity contribution in [1.29, 1.82) is 5.26 Å². The van der Waals surface area contributed by atoms with Crippen molar-refractivity contribution in [3.8, 4) is 11.8 Å². The van der Waals surface area contributed by atoms with Gasteiger partial charge in [-0.1, -0.05) is 24.3 Å². The Kier molecular flexibility index (Phi) is 6.58. The second kappa shape index (κ2) is 8.18. The van der Waals surface area contributed by atoms with Gasteiger partial charge in [-0.3, -0.25) is 0 Å². The van der Waals surface area contributed by atoms with Gasteiger partial charge in [0.15, 0.2) is 0 Å². The molecule has 1 unspecified atom stereocenters. The Balaban J connectivity index is 0.000000745. The minimum Gasteiger partial charge on any atom is -0.497 e. The van der Waals surface area contributed by atoms with Crippen LogP contribution in [0.5, 0.6) is 5.75 Å². The fourth-order valence-electron chi connectivity index (χ4n) is 1.95. The lowest BCUT2D eigenvalue weighted by atomic mass is 9.88. The van der Waals surface area contributed by atoms with Crippen molar-refractivity contribution in [2.45, 2.75) is 19.4 Å². The van der Waals surface area contributed by atoms with Crippen LogP contribution in [0.15, 0.2) is 48.5 Å². The first kappa shape index (κ1) is 17.7. The van der Waals surface area contributed by atoms with Gasteiger partial charge in [0.1, 0.15) is 11.4 Å². The van der Waals surface area contributed by atoms with E-state index in [1.54, 1.807) is 45.2 Å². The predicted octanol–water partition coefficient (Wildman–Crippen LogP) is 2.82. The van der Waals surface area contributed by atoms with Crippen molar-refractivity contribution in [2.75, 3.05) is 13.7 Å². The molecule has 0 bridgehead atoms. The summed E-state index contributed by atoms with van der Waals surface area (Å²) in [6, 6.07) is 16.3. The number of ether oxygens (including phenoxy) is 1. The van der Waals surface area contributed by atoms with Gasteiger partial charge in [0.05, 0.1) is 18.7 Å². The van der Waals surface area contributed by atoms with Gasteiger partial charge in [-0.2, -0.15) is 5.26 Å². The van der Waals surface area contributed by atoms with Gasteiger partial charge in [0.2, 0.25) is 0 Å². The van der Waals surface area contributed by atoms with Crippen molar-refractivity contribution in [3.63, 3.8) is 0 Å². The molecule has 2 aromatic rings. The molecule has 4 heteroatoms. The highest BCUT2D eigenvalue weighted by Crippen LogP contribution is 2.30. The molecule has 2 aromatic carbocycles. The van der Waals surface area contributed by atoms with E-state index >= 15 is 0 Å². The quantitative estimate of drug-likeness (QED) is 0.914. The summed E-state index contributed by atoms with van der Waals surface area (Å²) in [6.07, 6.45) is 0. The summed E-state index contributed by atoms with van der Waals surface area (Å²) in [7, 11) is 1.60. The van der Waals surface area contributed by atoms with Gasteiger partial charge in [0, 0.05) is 6.61 Å². The van der Waals surface area contributed by atoms with E-state index in [9.17, 15) is 5.11 Å². The molecular weight excluding hydrogens is 278 g/mol.